The Morgan fingerprint density at radius 3 is 2.02 bits per heavy atom. The quantitative estimate of drug-likeness (QED) is 0.159. The van der Waals surface area contributed by atoms with Crippen LogP contribution in [0.4, 0.5) is 13.2 Å². The van der Waals surface area contributed by atoms with E-state index in [9.17, 15) is 27.6 Å². The van der Waals surface area contributed by atoms with Gasteiger partial charge in [0.25, 0.3) is 0 Å². The number of nitrogens with one attached hydrogen (secondary N) is 1. The van der Waals surface area contributed by atoms with Crippen LogP contribution in [0.1, 0.15) is 63.5 Å². The van der Waals surface area contributed by atoms with Crippen molar-refractivity contribution >= 4 is 17.7 Å². The second kappa shape index (κ2) is 22.4. The molecule has 0 radical (unpaired) electrons. The van der Waals surface area contributed by atoms with E-state index < -0.39 is 35.2 Å². The van der Waals surface area contributed by atoms with Crippen molar-refractivity contribution in [1.29, 1.82) is 0 Å². The van der Waals surface area contributed by atoms with Crippen LogP contribution >= 0.6 is 0 Å². The fourth-order valence-electron chi connectivity index (χ4n) is 4.25. The molecule has 3 atom stereocenters. The van der Waals surface area contributed by atoms with Crippen molar-refractivity contribution in [2.45, 2.75) is 82.7 Å². The second-order valence-electron chi connectivity index (χ2n) is 9.32. The van der Waals surface area contributed by atoms with Gasteiger partial charge in [0.2, 0.25) is 17.7 Å². The standard InChI is InChI=1S/C18H22F3N3O2.C4H9NO2.C3H9N.CH4O.CH3.K/c19-18(20,21)13-6-4-12(5-7-13)11-17(16(22)26)8-2-10-24(17)15(25)14-3-1-9-23-14;1-3(6)2-4(5)7;1-2-3-4;1-2;;/h4-7,14,23H,1-3,8-11H2,(H2,22,26);3,6H,2H2,1H3,(H2,5,7);2-4H2,1H3;2H,1H3;1H3;/q;;;;-1;+1/t14?,17-;3-;;;;/m01..../s1. The van der Waals surface area contributed by atoms with E-state index in [4.69, 9.17) is 27.4 Å². The SMILES string of the molecule is CCCN.CO.C[C@@H](O)CC(N)=O.NC(=O)[C@@]1(Cc2ccc(C(F)(F)F)cc2)CCCN1C(=O)C1CCCN1.[CH3-].[K+]. The number of primary amides is 2. The molecular formula is C27H47F3KN5O5. The number of halogens is 3. The van der Waals surface area contributed by atoms with E-state index in [1.54, 1.807) is 0 Å². The number of nitrogens with two attached hydrogens (primary N) is 3. The summed E-state index contributed by atoms with van der Waals surface area (Å²) in [5.74, 6) is -1.22. The van der Waals surface area contributed by atoms with Crippen LogP contribution in [0.25, 0.3) is 0 Å². The summed E-state index contributed by atoms with van der Waals surface area (Å²) in [7, 11) is 1.00. The zero-order valence-corrected chi connectivity index (χ0v) is 28.1. The molecule has 0 saturated carbocycles. The number of alkyl halides is 3. The monoisotopic (exact) mass is 617 g/mol. The number of carbonyl (C=O) groups is 3. The van der Waals surface area contributed by atoms with Gasteiger partial charge in [-0.2, -0.15) is 13.2 Å². The predicted octanol–water partition coefficient (Wildman–Crippen LogP) is -1.49. The molecule has 2 saturated heterocycles. The van der Waals surface area contributed by atoms with Gasteiger partial charge in [-0.05, 0) is 69.8 Å². The third-order valence-corrected chi connectivity index (χ3v) is 6.13. The van der Waals surface area contributed by atoms with E-state index >= 15 is 0 Å². The molecule has 2 heterocycles. The molecule has 9 N–H and O–H groups in total. The third kappa shape index (κ3) is 15.3. The van der Waals surface area contributed by atoms with Gasteiger partial charge >= 0.3 is 57.6 Å². The van der Waals surface area contributed by atoms with Crippen LogP contribution in [0.2, 0.25) is 0 Å². The average molecular weight is 618 g/mol. The molecule has 1 unspecified atom stereocenters. The number of aliphatic hydroxyl groups is 2. The summed E-state index contributed by atoms with van der Waals surface area (Å²) >= 11 is 0. The van der Waals surface area contributed by atoms with Crippen molar-refractivity contribution < 1.29 is 89.2 Å². The molecule has 3 amide bonds. The Kier molecular flexibility index (Phi) is 24.3. The van der Waals surface area contributed by atoms with Gasteiger partial charge in [-0.3, -0.25) is 14.4 Å². The second-order valence-corrected chi connectivity index (χ2v) is 9.32. The number of rotatable bonds is 7. The molecular weight excluding hydrogens is 570 g/mol. The third-order valence-electron chi connectivity index (χ3n) is 6.13. The van der Waals surface area contributed by atoms with Gasteiger partial charge in [-0.25, -0.2) is 0 Å². The number of carbonyl (C=O) groups excluding carboxylic acids is 3. The molecule has 232 valence electrons. The minimum Gasteiger partial charge on any atom is -0.400 e. The van der Waals surface area contributed by atoms with E-state index in [1.165, 1.54) is 24.0 Å². The topological polar surface area (TPSA) is 185 Å². The molecule has 41 heavy (non-hydrogen) atoms. The van der Waals surface area contributed by atoms with Crippen LogP contribution < -0.4 is 73.9 Å². The van der Waals surface area contributed by atoms with E-state index in [1.807, 2.05) is 0 Å². The first-order valence-electron chi connectivity index (χ1n) is 12.9. The van der Waals surface area contributed by atoms with Gasteiger partial charge in [-0.1, -0.05) is 19.1 Å². The van der Waals surface area contributed by atoms with Crippen molar-refractivity contribution in [3.05, 3.63) is 42.8 Å². The van der Waals surface area contributed by atoms with Gasteiger partial charge in [0.05, 0.1) is 24.1 Å². The maximum absolute atomic E-state index is 12.9. The molecule has 10 nitrogen and oxygen atoms in total. The molecule has 1 aromatic rings. The molecule has 2 fully saturated rings. The van der Waals surface area contributed by atoms with Crippen molar-refractivity contribution in [2.24, 2.45) is 17.2 Å². The van der Waals surface area contributed by atoms with E-state index in [0.717, 1.165) is 45.2 Å². The average Bonchev–Trinajstić information content (AvgIpc) is 3.56. The van der Waals surface area contributed by atoms with Crippen LogP contribution in [-0.2, 0) is 27.0 Å². The van der Waals surface area contributed by atoms with E-state index in [2.05, 4.69) is 12.2 Å². The van der Waals surface area contributed by atoms with Crippen LogP contribution in [-0.4, -0.2) is 77.3 Å². The van der Waals surface area contributed by atoms with E-state index in [0.29, 0.717) is 31.4 Å². The summed E-state index contributed by atoms with van der Waals surface area (Å²) in [5.41, 5.74) is 14.0. The fourth-order valence-corrected chi connectivity index (χ4v) is 4.25. The van der Waals surface area contributed by atoms with Gasteiger partial charge in [0.1, 0.15) is 5.54 Å². The predicted molar refractivity (Wildman–Crippen MR) is 148 cm³/mol. The molecule has 14 heteroatoms. The summed E-state index contributed by atoms with van der Waals surface area (Å²) in [6.45, 7) is 5.58. The first kappa shape index (κ1) is 44.3. The smallest absolute Gasteiger partial charge is 0.400 e. The zero-order valence-electron chi connectivity index (χ0n) is 25.0. The Bertz CT molecular complexity index is 883. The molecule has 1 aromatic carbocycles. The van der Waals surface area contributed by atoms with Crippen LogP contribution in [0, 0.1) is 7.43 Å². The zero-order chi connectivity index (χ0) is 30.2. The maximum atomic E-state index is 12.9. The maximum Gasteiger partial charge on any atom is 1.00 e. The van der Waals surface area contributed by atoms with Gasteiger partial charge in [0, 0.05) is 20.1 Å². The largest absolute Gasteiger partial charge is 1.00 e. The van der Waals surface area contributed by atoms with Gasteiger partial charge in [0.15, 0.2) is 0 Å². The summed E-state index contributed by atoms with van der Waals surface area (Å²) in [6, 6.07) is 4.36. The Hall–Kier alpha value is -1.10. The summed E-state index contributed by atoms with van der Waals surface area (Å²) in [4.78, 5) is 36.6. The minimum atomic E-state index is -4.41. The van der Waals surface area contributed by atoms with Crippen LogP contribution in [0.15, 0.2) is 24.3 Å². The Morgan fingerprint density at radius 1 is 1.15 bits per heavy atom. The van der Waals surface area contributed by atoms with Crippen LogP contribution in [0.5, 0.6) is 0 Å². The molecule has 3 rings (SSSR count). The van der Waals surface area contributed by atoms with Crippen molar-refractivity contribution in [3.8, 4) is 0 Å². The fraction of sp³-hybridized carbons (Fsp3) is 0.630. The first-order valence-corrected chi connectivity index (χ1v) is 12.9. The summed E-state index contributed by atoms with van der Waals surface area (Å²) < 4.78 is 38.2. The molecule has 0 aromatic heterocycles. The summed E-state index contributed by atoms with van der Waals surface area (Å²) in [5, 5.41) is 18.6. The molecule has 0 aliphatic carbocycles. The van der Waals surface area contributed by atoms with Crippen LogP contribution in [0.3, 0.4) is 0 Å². The van der Waals surface area contributed by atoms with Gasteiger partial charge < -0.3 is 45.1 Å². The Morgan fingerprint density at radius 2 is 1.68 bits per heavy atom. The minimum absolute atomic E-state index is 0. The van der Waals surface area contributed by atoms with Crippen molar-refractivity contribution in [1.82, 2.24) is 10.2 Å². The number of benzene rings is 1. The summed E-state index contributed by atoms with van der Waals surface area (Å²) in [6.07, 6.45) is -1.07. The van der Waals surface area contributed by atoms with Crippen molar-refractivity contribution in [2.75, 3.05) is 26.7 Å². The molecule has 2 aliphatic heterocycles. The number of aliphatic hydroxyl groups excluding tert-OH is 2. The Labute approximate surface area is 284 Å². The van der Waals surface area contributed by atoms with Crippen molar-refractivity contribution in [3.63, 3.8) is 0 Å². The number of likely N-dealkylation sites (tertiary alicyclic amines) is 1. The normalized spacial score (nSPS) is 19.8. The molecule has 0 bridgehead atoms. The van der Waals surface area contributed by atoms with Gasteiger partial charge in [-0.15, -0.1) is 0 Å². The number of nitrogens with zero attached hydrogens (tertiary/aromatic N) is 1. The first-order chi connectivity index (χ1) is 18.3. The number of hydrogen-bond donors (Lipinski definition) is 6. The van der Waals surface area contributed by atoms with E-state index in [-0.39, 0.29) is 83.6 Å². The Balaban J connectivity index is -0.000000817. The molecule has 0 spiro atoms. The number of hydrogen-bond acceptors (Lipinski definition) is 7. The molecule has 2 aliphatic rings. The number of amides is 3.